The van der Waals surface area contributed by atoms with Gasteiger partial charge in [-0.1, -0.05) is 18.1 Å². The van der Waals surface area contributed by atoms with E-state index in [1.807, 2.05) is 0 Å². The van der Waals surface area contributed by atoms with E-state index in [0.717, 1.165) is 6.07 Å². The van der Waals surface area contributed by atoms with E-state index < -0.39 is 11.7 Å². The summed E-state index contributed by atoms with van der Waals surface area (Å²) in [5.41, 5.74) is -0.149. The van der Waals surface area contributed by atoms with E-state index in [-0.39, 0.29) is 11.9 Å². The Morgan fingerprint density at radius 1 is 1.30 bits per heavy atom. The van der Waals surface area contributed by atoms with Crippen LogP contribution in [0.5, 0.6) is 5.75 Å². The van der Waals surface area contributed by atoms with Gasteiger partial charge >= 0.3 is 6.18 Å². The highest BCUT2D eigenvalue weighted by Gasteiger charge is 2.35. The normalized spacial score (nSPS) is 16.9. The molecule has 1 aromatic rings. The van der Waals surface area contributed by atoms with Crippen LogP contribution in [0.3, 0.4) is 0 Å². The molecule has 20 heavy (non-hydrogen) atoms. The van der Waals surface area contributed by atoms with Crippen LogP contribution in [0, 0.1) is 19.4 Å². The molecule has 0 aromatic heterocycles. The van der Waals surface area contributed by atoms with Gasteiger partial charge in [0.15, 0.2) is 0 Å². The molecule has 0 radical (unpaired) electrons. The van der Waals surface area contributed by atoms with Crippen molar-refractivity contribution >= 4 is 0 Å². The van der Waals surface area contributed by atoms with Gasteiger partial charge in [0.1, 0.15) is 11.9 Å². The maximum absolute atomic E-state index is 13.0. The second-order valence-corrected chi connectivity index (χ2v) is 4.93. The SMILES string of the molecule is C#CN1CCC(Oc2ccc(C)cc2C(F)(F)F)CC1. The molecule has 0 N–H and O–H groups in total. The average Bonchev–Trinajstić information content (AvgIpc) is 2.40. The van der Waals surface area contributed by atoms with E-state index >= 15 is 0 Å². The van der Waals surface area contributed by atoms with Crippen LogP contribution >= 0.6 is 0 Å². The fourth-order valence-corrected chi connectivity index (χ4v) is 2.25. The second-order valence-electron chi connectivity index (χ2n) is 4.93. The predicted octanol–water partition coefficient (Wildman–Crippen LogP) is 3.45. The number of terminal acetylenes is 1. The highest BCUT2D eigenvalue weighted by Crippen LogP contribution is 2.37. The van der Waals surface area contributed by atoms with Gasteiger partial charge in [-0.2, -0.15) is 13.2 Å². The lowest BCUT2D eigenvalue weighted by atomic mass is 10.1. The van der Waals surface area contributed by atoms with Crippen LogP contribution in [0.25, 0.3) is 0 Å². The molecule has 5 heteroatoms. The third-order valence-corrected chi connectivity index (χ3v) is 3.36. The van der Waals surface area contributed by atoms with E-state index in [1.165, 1.54) is 6.07 Å². The van der Waals surface area contributed by atoms with Gasteiger partial charge in [-0.3, -0.25) is 0 Å². The van der Waals surface area contributed by atoms with Crippen LogP contribution < -0.4 is 4.74 Å². The lowest BCUT2D eigenvalue weighted by molar-refractivity contribution is -0.139. The van der Waals surface area contributed by atoms with Gasteiger partial charge in [0.05, 0.1) is 5.56 Å². The topological polar surface area (TPSA) is 12.5 Å². The minimum absolute atomic E-state index is 0.0951. The summed E-state index contributed by atoms with van der Waals surface area (Å²) in [6.07, 6.45) is 1.93. The smallest absolute Gasteiger partial charge is 0.419 e. The minimum atomic E-state index is -4.40. The van der Waals surface area contributed by atoms with Crippen LogP contribution in [0.2, 0.25) is 0 Å². The summed E-state index contributed by atoms with van der Waals surface area (Å²) < 4.78 is 44.5. The fraction of sp³-hybridized carbons (Fsp3) is 0.467. The van der Waals surface area contributed by atoms with Crippen molar-refractivity contribution in [1.29, 1.82) is 0 Å². The molecule has 0 amide bonds. The van der Waals surface area contributed by atoms with Gasteiger partial charge < -0.3 is 9.64 Å². The molecule has 1 aromatic carbocycles. The maximum atomic E-state index is 13.0. The zero-order valence-corrected chi connectivity index (χ0v) is 11.2. The number of ether oxygens (including phenoxy) is 1. The maximum Gasteiger partial charge on any atom is 0.419 e. The highest BCUT2D eigenvalue weighted by atomic mass is 19.4. The lowest BCUT2D eigenvalue weighted by Gasteiger charge is -2.30. The Bertz CT molecular complexity index is 511. The van der Waals surface area contributed by atoms with Gasteiger partial charge in [-0.25, -0.2) is 0 Å². The van der Waals surface area contributed by atoms with Crippen molar-refractivity contribution in [3.05, 3.63) is 29.3 Å². The summed E-state index contributed by atoms with van der Waals surface area (Å²) in [5.74, 6) is -0.0951. The van der Waals surface area contributed by atoms with Crippen molar-refractivity contribution in [2.75, 3.05) is 13.1 Å². The van der Waals surface area contributed by atoms with E-state index in [1.54, 1.807) is 17.9 Å². The monoisotopic (exact) mass is 283 g/mol. The third kappa shape index (κ3) is 3.38. The Kier molecular flexibility index (Phi) is 4.12. The Balaban J connectivity index is 2.12. The number of rotatable bonds is 2. The minimum Gasteiger partial charge on any atom is -0.490 e. The average molecular weight is 283 g/mol. The molecule has 2 rings (SSSR count). The summed E-state index contributed by atoms with van der Waals surface area (Å²) in [6, 6.07) is 6.67. The first kappa shape index (κ1) is 14.6. The molecule has 1 fully saturated rings. The number of alkyl halides is 3. The van der Waals surface area contributed by atoms with Crippen molar-refractivity contribution in [3.63, 3.8) is 0 Å². The Morgan fingerprint density at radius 2 is 1.95 bits per heavy atom. The van der Waals surface area contributed by atoms with Crippen LogP contribution in [0.1, 0.15) is 24.0 Å². The molecular formula is C15H16F3NO. The van der Waals surface area contributed by atoms with Crippen molar-refractivity contribution in [2.45, 2.75) is 32.0 Å². The van der Waals surface area contributed by atoms with Gasteiger partial charge in [0.2, 0.25) is 0 Å². The summed E-state index contributed by atoms with van der Waals surface area (Å²) in [4.78, 5) is 1.81. The summed E-state index contributed by atoms with van der Waals surface area (Å²) in [6.45, 7) is 2.92. The molecule has 1 saturated heterocycles. The molecule has 1 heterocycles. The van der Waals surface area contributed by atoms with E-state index in [0.29, 0.717) is 31.5 Å². The molecular weight excluding hydrogens is 267 g/mol. The van der Waals surface area contributed by atoms with Crippen molar-refractivity contribution in [3.8, 4) is 18.2 Å². The number of hydrogen-bond donors (Lipinski definition) is 0. The van der Waals surface area contributed by atoms with Crippen LogP contribution in [0.15, 0.2) is 18.2 Å². The Morgan fingerprint density at radius 3 is 2.50 bits per heavy atom. The zero-order chi connectivity index (χ0) is 14.8. The van der Waals surface area contributed by atoms with Crippen molar-refractivity contribution in [1.82, 2.24) is 4.90 Å². The molecule has 0 saturated carbocycles. The first-order chi connectivity index (χ1) is 9.40. The van der Waals surface area contributed by atoms with E-state index in [9.17, 15) is 13.2 Å². The number of hydrogen-bond acceptors (Lipinski definition) is 2. The molecule has 1 aliphatic rings. The number of halogens is 3. The lowest BCUT2D eigenvalue weighted by Crippen LogP contribution is -2.35. The predicted molar refractivity (Wildman–Crippen MR) is 70.2 cm³/mol. The third-order valence-electron chi connectivity index (χ3n) is 3.36. The molecule has 0 unspecified atom stereocenters. The summed E-state index contributed by atoms with van der Waals surface area (Å²) in [5, 5.41) is 0. The van der Waals surface area contributed by atoms with Gasteiger partial charge in [-0.15, -0.1) is 0 Å². The zero-order valence-electron chi connectivity index (χ0n) is 11.2. The number of aryl methyl sites for hydroxylation is 1. The molecule has 108 valence electrons. The molecule has 0 aliphatic carbocycles. The van der Waals surface area contributed by atoms with Gasteiger partial charge in [0.25, 0.3) is 0 Å². The van der Waals surface area contributed by atoms with E-state index in [4.69, 9.17) is 11.2 Å². The number of likely N-dealkylation sites (tertiary alicyclic amines) is 1. The second kappa shape index (κ2) is 5.66. The van der Waals surface area contributed by atoms with Crippen LogP contribution in [-0.2, 0) is 6.18 Å². The van der Waals surface area contributed by atoms with Crippen molar-refractivity contribution in [2.24, 2.45) is 0 Å². The van der Waals surface area contributed by atoms with Crippen molar-refractivity contribution < 1.29 is 17.9 Å². The fourth-order valence-electron chi connectivity index (χ4n) is 2.25. The Hall–Kier alpha value is -1.83. The van der Waals surface area contributed by atoms with Gasteiger partial charge in [0, 0.05) is 32.0 Å². The highest BCUT2D eigenvalue weighted by molar-refractivity contribution is 5.39. The first-order valence-corrected chi connectivity index (χ1v) is 6.46. The summed E-state index contributed by atoms with van der Waals surface area (Å²) >= 11 is 0. The summed E-state index contributed by atoms with van der Waals surface area (Å²) in [7, 11) is 0. The first-order valence-electron chi connectivity index (χ1n) is 6.46. The van der Waals surface area contributed by atoms with Crippen LogP contribution in [0.4, 0.5) is 13.2 Å². The molecule has 1 aliphatic heterocycles. The van der Waals surface area contributed by atoms with Gasteiger partial charge in [-0.05, 0) is 19.1 Å². The Labute approximate surface area is 116 Å². The molecule has 0 atom stereocenters. The van der Waals surface area contributed by atoms with Crippen LogP contribution in [-0.4, -0.2) is 24.1 Å². The number of nitrogens with zero attached hydrogens (tertiary/aromatic N) is 1. The molecule has 2 nitrogen and oxygen atoms in total. The standard InChI is InChI=1S/C15H16F3NO/c1-3-19-8-6-12(7-9-19)20-14-5-4-11(2)10-13(14)15(16,17)18/h1,4-5,10,12H,6-9H2,2H3. The van der Waals surface area contributed by atoms with E-state index in [2.05, 4.69) is 6.04 Å². The largest absolute Gasteiger partial charge is 0.490 e. The number of benzene rings is 1. The number of piperidine rings is 1. The molecule has 0 bridgehead atoms. The molecule has 0 spiro atoms. The quantitative estimate of drug-likeness (QED) is 0.771.